The Labute approximate surface area is 165 Å². The number of nitrogens with zero attached hydrogens (tertiary/aromatic N) is 1. The Kier molecular flexibility index (Phi) is 6.21. The topological polar surface area (TPSA) is 84.9 Å². The minimum atomic E-state index is -3.60. The molecule has 1 atom stereocenters. The van der Waals surface area contributed by atoms with Gasteiger partial charge in [0.15, 0.2) is 11.5 Å². The van der Waals surface area contributed by atoms with Gasteiger partial charge in [0, 0.05) is 24.8 Å². The molecular weight excluding hydrogens is 380 g/mol. The van der Waals surface area contributed by atoms with Crippen LogP contribution in [0.15, 0.2) is 53.4 Å². The van der Waals surface area contributed by atoms with Crippen molar-refractivity contribution in [3.63, 3.8) is 0 Å². The standard InChI is InChI=1S/C20H24N2O5S/c1-26-18-11-10-16(13-19(18)27-2)21-20(23)15-7-6-12-22(14-15)28(24,25)17-8-4-3-5-9-17/h3-5,8-11,13,15H,6-7,12,14H2,1-2H3,(H,21,23)/t15-/m0/s1. The van der Waals surface area contributed by atoms with E-state index in [9.17, 15) is 13.2 Å². The number of carbonyl (C=O) groups is 1. The Morgan fingerprint density at radius 3 is 2.46 bits per heavy atom. The number of ether oxygens (including phenoxy) is 2. The first-order valence-electron chi connectivity index (χ1n) is 9.04. The molecule has 1 heterocycles. The van der Waals surface area contributed by atoms with Crippen LogP contribution in [-0.4, -0.2) is 45.9 Å². The van der Waals surface area contributed by atoms with Gasteiger partial charge in [-0.15, -0.1) is 0 Å². The van der Waals surface area contributed by atoms with E-state index in [0.29, 0.717) is 36.6 Å². The largest absolute Gasteiger partial charge is 0.493 e. The molecule has 1 amide bonds. The van der Waals surface area contributed by atoms with E-state index in [1.165, 1.54) is 11.4 Å². The maximum absolute atomic E-state index is 12.8. The van der Waals surface area contributed by atoms with Crippen LogP contribution >= 0.6 is 0 Å². The van der Waals surface area contributed by atoms with E-state index in [1.807, 2.05) is 0 Å². The maximum Gasteiger partial charge on any atom is 0.243 e. The molecule has 0 unspecified atom stereocenters. The fourth-order valence-corrected chi connectivity index (χ4v) is 4.82. The van der Waals surface area contributed by atoms with Crippen molar-refractivity contribution in [1.29, 1.82) is 0 Å². The van der Waals surface area contributed by atoms with Gasteiger partial charge in [-0.25, -0.2) is 8.42 Å². The van der Waals surface area contributed by atoms with Crippen LogP contribution in [0.5, 0.6) is 11.5 Å². The molecule has 0 spiro atoms. The van der Waals surface area contributed by atoms with Gasteiger partial charge in [-0.05, 0) is 37.1 Å². The number of nitrogens with one attached hydrogen (secondary N) is 1. The van der Waals surface area contributed by atoms with Gasteiger partial charge in [0.2, 0.25) is 15.9 Å². The zero-order chi connectivity index (χ0) is 20.1. The molecule has 1 N–H and O–H groups in total. The molecule has 1 aliphatic heterocycles. The highest BCUT2D eigenvalue weighted by molar-refractivity contribution is 7.89. The number of amides is 1. The van der Waals surface area contributed by atoms with Crippen LogP contribution in [0.1, 0.15) is 12.8 Å². The summed E-state index contributed by atoms with van der Waals surface area (Å²) in [5.41, 5.74) is 0.575. The second-order valence-electron chi connectivity index (χ2n) is 6.57. The summed E-state index contributed by atoms with van der Waals surface area (Å²) in [6.07, 6.45) is 1.27. The monoisotopic (exact) mass is 404 g/mol. The molecule has 1 saturated heterocycles. The molecule has 2 aromatic rings. The molecule has 0 radical (unpaired) electrons. The van der Waals surface area contributed by atoms with E-state index in [0.717, 1.165) is 0 Å². The zero-order valence-corrected chi connectivity index (χ0v) is 16.7. The van der Waals surface area contributed by atoms with Crippen molar-refractivity contribution in [2.75, 3.05) is 32.6 Å². The number of piperidine rings is 1. The lowest BCUT2D eigenvalue weighted by atomic mass is 9.98. The number of anilines is 1. The van der Waals surface area contributed by atoms with E-state index in [4.69, 9.17) is 9.47 Å². The second kappa shape index (κ2) is 8.62. The first-order valence-corrected chi connectivity index (χ1v) is 10.5. The highest BCUT2D eigenvalue weighted by Gasteiger charge is 2.33. The number of sulfonamides is 1. The van der Waals surface area contributed by atoms with Crippen molar-refractivity contribution in [1.82, 2.24) is 4.31 Å². The lowest BCUT2D eigenvalue weighted by Crippen LogP contribution is -2.43. The fourth-order valence-electron chi connectivity index (χ4n) is 3.27. The van der Waals surface area contributed by atoms with Gasteiger partial charge in [-0.3, -0.25) is 4.79 Å². The molecule has 0 aliphatic carbocycles. The molecule has 28 heavy (non-hydrogen) atoms. The van der Waals surface area contributed by atoms with Gasteiger partial charge in [0.1, 0.15) is 0 Å². The second-order valence-corrected chi connectivity index (χ2v) is 8.51. The Morgan fingerprint density at radius 2 is 1.79 bits per heavy atom. The summed E-state index contributed by atoms with van der Waals surface area (Å²) in [5.74, 6) is 0.455. The third-order valence-electron chi connectivity index (χ3n) is 4.79. The van der Waals surface area contributed by atoms with Gasteiger partial charge in [0.25, 0.3) is 0 Å². The third-order valence-corrected chi connectivity index (χ3v) is 6.67. The summed E-state index contributed by atoms with van der Waals surface area (Å²) in [6, 6.07) is 13.4. The Balaban J connectivity index is 1.71. The smallest absolute Gasteiger partial charge is 0.243 e. The first-order chi connectivity index (χ1) is 13.5. The van der Waals surface area contributed by atoms with Gasteiger partial charge in [0.05, 0.1) is 25.0 Å². The van der Waals surface area contributed by atoms with Crippen LogP contribution in [0.3, 0.4) is 0 Å². The minimum Gasteiger partial charge on any atom is -0.493 e. The van der Waals surface area contributed by atoms with Crippen LogP contribution in [-0.2, 0) is 14.8 Å². The molecule has 150 valence electrons. The molecule has 0 aromatic heterocycles. The van der Waals surface area contributed by atoms with Gasteiger partial charge >= 0.3 is 0 Å². The van der Waals surface area contributed by atoms with Crippen molar-refractivity contribution in [2.24, 2.45) is 5.92 Å². The lowest BCUT2D eigenvalue weighted by Gasteiger charge is -2.31. The van der Waals surface area contributed by atoms with Crippen LogP contribution in [0.4, 0.5) is 5.69 Å². The summed E-state index contributed by atoms with van der Waals surface area (Å²) in [5, 5.41) is 2.85. The number of carbonyl (C=O) groups excluding carboxylic acids is 1. The van der Waals surface area contributed by atoms with Crippen molar-refractivity contribution in [3.05, 3.63) is 48.5 Å². The molecule has 1 aliphatic rings. The average Bonchev–Trinajstić information content (AvgIpc) is 2.74. The average molecular weight is 404 g/mol. The molecule has 0 saturated carbocycles. The van der Waals surface area contributed by atoms with Crippen LogP contribution in [0, 0.1) is 5.92 Å². The fraction of sp³-hybridized carbons (Fsp3) is 0.350. The van der Waals surface area contributed by atoms with Gasteiger partial charge in [-0.2, -0.15) is 4.31 Å². The summed E-state index contributed by atoms with van der Waals surface area (Å²) in [6.45, 7) is 0.577. The van der Waals surface area contributed by atoms with Crippen molar-refractivity contribution >= 4 is 21.6 Å². The molecule has 1 fully saturated rings. The Hall–Kier alpha value is -2.58. The van der Waals surface area contributed by atoms with E-state index >= 15 is 0 Å². The lowest BCUT2D eigenvalue weighted by molar-refractivity contribution is -0.120. The van der Waals surface area contributed by atoms with Gasteiger partial charge < -0.3 is 14.8 Å². The first kappa shape index (κ1) is 20.2. The molecular formula is C20H24N2O5S. The summed E-state index contributed by atoms with van der Waals surface area (Å²) >= 11 is 0. The minimum absolute atomic E-state index is 0.163. The maximum atomic E-state index is 12.8. The SMILES string of the molecule is COc1ccc(NC(=O)[C@H]2CCCN(S(=O)(=O)c3ccccc3)C2)cc1OC. The highest BCUT2D eigenvalue weighted by Crippen LogP contribution is 2.30. The van der Waals surface area contributed by atoms with Gasteiger partial charge in [-0.1, -0.05) is 18.2 Å². The van der Waals surface area contributed by atoms with E-state index in [2.05, 4.69) is 5.32 Å². The van der Waals surface area contributed by atoms with Crippen LogP contribution in [0.2, 0.25) is 0 Å². The van der Waals surface area contributed by atoms with Crippen molar-refractivity contribution < 1.29 is 22.7 Å². The van der Waals surface area contributed by atoms with E-state index in [-0.39, 0.29) is 17.3 Å². The summed E-state index contributed by atoms with van der Waals surface area (Å²) in [7, 11) is -0.538. The van der Waals surface area contributed by atoms with Crippen molar-refractivity contribution in [3.8, 4) is 11.5 Å². The summed E-state index contributed by atoms with van der Waals surface area (Å²) < 4.78 is 37.5. The Morgan fingerprint density at radius 1 is 1.07 bits per heavy atom. The number of benzene rings is 2. The Bertz CT molecular complexity index is 931. The summed E-state index contributed by atoms with van der Waals surface area (Å²) in [4.78, 5) is 13.0. The normalized spacial score (nSPS) is 17.7. The third kappa shape index (κ3) is 4.28. The molecule has 8 heteroatoms. The number of methoxy groups -OCH3 is 2. The number of hydrogen-bond donors (Lipinski definition) is 1. The quantitative estimate of drug-likeness (QED) is 0.800. The van der Waals surface area contributed by atoms with Crippen molar-refractivity contribution in [2.45, 2.75) is 17.7 Å². The predicted molar refractivity (Wildman–Crippen MR) is 106 cm³/mol. The molecule has 3 rings (SSSR count). The highest BCUT2D eigenvalue weighted by atomic mass is 32.2. The number of hydrogen-bond acceptors (Lipinski definition) is 5. The predicted octanol–water partition coefficient (Wildman–Crippen LogP) is 2.74. The molecule has 0 bridgehead atoms. The van der Waals surface area contributed by atoms with E-state index in [1.54, 1.807) is 55.6 Å². The van der Waals surface area contributed by atoms with E-state index < -0.39 is 15.9 Å². The number of rotatable bonds is 6. The zero-order valence-electron chi connectivity index (χ0n) is 15.9. The van der Waals surface area contributed by atoms with Crippen LogP contribution in [0.25, 0.3) is 0 Å². The molecule has 7 nitrogen and oxygen atoms in total. The van der Waals surface area contributed by atoms with Crippen LogP contribution < -0.4 is 14.8 Å². The molecule has 2 aromatic carbocycles.